The van der Waals surface area contributed by atoms with E-state index in [-0.39, 0.29) is 13.4 Å². The molecule has 0 radical (unpaired) electrons. The molecule has 0 fully saturated rings. The first-order valence-corrected chi connectivity index (χ1v) is 31.5. The molecular weight excluding hydrogens is 1120 g/mol. The summed E-state index contributed by atoms with van der Waals surface area (Å²) in [4.78, 5) is 14.7. The van der Waals surface area contributed by atoms with Crippen LogP contribution in [0.15, 0.2) is 336 Å². The SMILES string of the molecule is c1ccc(N(c2ccccc2)c2cc3c4c(c2)N(c2ccccc2)c2oc5ccccc5c2B4c2cc4c(cc2N3c2ccccc2)N(c2ccccc2)c2cc(N(c3ccccc3)c3ccccc3)cc3c2B4c2oc4ccccc4c2N3c2ccccc2)cc1. The number of para-hydroxylation sites is 10. The summed E-state index contributed by atoms with van der Waals surface area (Å²) >= 11 is 0. The largest absolute Gasteiger partial charge is 0.468 e. The molecule has 4 aliphatic heterocycles. The summed E-state index contributed by atoms with van der Waals surface area (Å²) in [6, 6.07) is 118. The molecule has 92 heavy (non-hydrogen) atoms. The van der Waals surface area contributed by atoms with Crippen molar-refractivity contribution in [2.24, 2.45) is 0 Å². The van der Waals surface area contributed by atoms with Crippen molar-refractivity contribution < 1.29 is 8.83 Å². The first-order valence-electron chi connectivity index (χ1n) is 31.5. The maximum Gasteiger partial charge on any atom is 0.297 e. The molecule has 6 heterocycles. The minimum absolute atomic E-state index is 0.312. The van der Waals surface area contributed by atoms with Crippen molar-refractivity contribution in [3.8, 4) is 0 Å². The molecule has 0 bridgehead atoms. The van der Waals surface area contributed by atoms with Gasteiger partial charge in [0, 0.05) is 95.9 Å². The minimum atomic E-state index is -0.373. The first kappa shape index (κ1) is 51.9. The Hall–Kier alpha value is -12.1. The number of furan rings is 2. The number of hydrogen-bond donors (Lipinski definition) is 0. The van der Waals surface area contributed by atoms with Gasteiger partial charge in [-0.15, -0.1) is 0 Å². The van der Waals surface area contributed by atoms with Crippen molar-refractivity contribution in [2.45, 2.75) is 0 Å². The smallest absolute Gasteiger partial charge is 0.297 e. The lowest BCUT2D eigenvalue weighted by atomic mass is 9.31. The monoisotopic (exact) mass is 1180 g/mol. The Kier molecular flexibility index (Phi) is 11.7. The quantitative estimate of drug-likeness (QED) is 0.126. The number of benzene rings is 13. The van der Waals surface area contributed by atoms with Crippen molar-refractivity contribution in [3.63, 3.8) is 0 Å². The van der Waals surface area contributed by atoms with Crippen molar-refractivity contribution in [1.82, 2.24) is 0 Å². The summed E-state index contributed by atoms with van der Waals surface area (Å²) in [6.07, 6.45) is 0. The van der Waals surface area contributed by atoms with Crippen LogP contribution in [0.1, 0.15) is 0 Å². The number of rotatable bonds is 10. The average Bonchev–Trinajstić information content (AvgIpc) is 1.15. The normalized spacial score (nSPS) is 13.1. The second kappa shape index (κ2) is 20.7. The summed E-state index contributed by atoms with van der Waals surface area (Å²) in [7, 11) is 0. The van der Waals surface area contributed by atoms with E-state index in [1.807, 2.05) is 0 Å². The van der Waals surface area contributed by atoms with Crippen LogP contribution in [0.25, 0.3) is 21.9 Å². The van der Waals surface area contributed by atoms with E-state index in [1.54, 1.807) is 0 Å². The fourth-order valence-corrected chi connectivity index (χ4v) is 15.2. The maximum absolute atomic E-state index is 7.55. The molecule has 0 unspecified atom stereocenters. The fourth-order valence-electron chi connectivity index (χ4n) is 15.2. The Morgan fingerprint density at radius 3 is 1.04 bits per heavy atom. The van der Waals surface area contributed by atoms with E-state index in [0.29, 0.717) is 0 Å². The minimum Gasteiger partial charge on any atom is -0.468 e. The van der Waals surface area contributed by atoms with Gasteiger partial charge in [0.2, 0.25) is 5.88 Å². The van der Waals surface area contributed by atoms with Gasteiger partial charge in [0.15, 0.2) is 0 Å². The molecule has 8 nitrogen and oxygen atoms in total. The predicted octanol–water partition coefficient (Wildman–Crippen LogP) is 18.3. The fraction of sp³-hybridized carbons (Fsp3) is 0. The summed E-state index contributed by atoms with van der Waals surface area (Å²) in [5, 5.41) is 2.12. The zero-order chi connectivity index (χ0) is 60.4. The Bertz CT molecular complexity index is 5250. The van der Waals surface area contributed by atoms with Crippen LogP contribution in [0.3, 0.4) is 0 Å². The van der Waals surface area contributed by atoms with Gasteiger partial charge in [-0.3, -0.25) is 4.90 Å². The van der Waals surface area contributed by atoms with Gasteiger partial charge in [-0.05, 0) is 167 Å². The maximum atomic E-state index is 7.55. The molecule has 0 spiro atoms. The average molecular weight is 1180 g/mol. The lowest BCUT2D eigenvalue weighted by Gasteiger charge is -2.46. The standard InChI is InChI=1S/C82H54B2N6O2/c1-9-29-55(30-10-1)85(56-31-11-2-12-32-56)63-50-72-79-73(51-63)89(61-41-21-7-22-42-61)80-66-46-26-28-48-76(66)91-81(80)84(79)68-53-67-69(54-70(68)88(72)60-39-19-6-20-40-60)87(59-37-17-5-18-38-59)71-49-64(86(57-33-13-3-14-34-57)58-35-15-4-16-36-58)52-74-78(71)83(67)77-65-45-25-27-47-75(65)92-82(77)90(74)62-43-23-8-24-44-62/h1-54H. The molecule has 430 valence electrons. The topological polar surface area (TPSA) is 45.7 Å². The van der Waals surface area contributed by atoms with E-state index in [4.69, 9.17) is 8.83 Å². The number of nitrogens with zero attached hydrogens (tertiary/aromatic N) is 6. The van der Waals surface area contributed by atoms with Gasteiger partial charge < -0.3 is 33.3 Å². The number of hydrogen-bond acceptors (Lipinski definition) is 8. The third-order valence-electron chi connectivity index (χ3n) is 18.9. The molecule has 0 amide bonds. The predicted molar refractivity (Wildman–Crippen MR) is 383 cm³/mol. The molecule has 0 atom stereocenters. The van der Waals surface area contributed by atoms with Crippen LogP contribution in [0.2, 0.25) is 0 Å². The van der Waals surface area contributed by atoms with Crippen LogP contribution in [-0.2, 0) is 0 Å². The van der Waals surface area contributed by atoms with Crippen molar-refractivity contribution in [3.05, 3.63) is 328 Å². The van der Waals surface area contributed by atoms with E-state index < -0.39 is 0 Å². The molecule has 13 aromatic carbocycles. The zero-order valence-corrected chi connectivity index (χ0v) is 49.8. The van der Waals surface area contributed by atoms with Crippen LogP contribution in [0, 0.1) is 0 Å². The Balaban J connectivity index is 0.962. The summed E-state index contributed by atoms with van der Waals surface area (Å²) in [5.41, 5.74) is 26.0. The van der Waals surface area contributed by atoms with Gasteiger partial charge in [0.25, 0.3) is 13.4 Å². The third-order valence-corrected chi connectivity index (χ3v) is 18.9. The van der Waals surface area contributed by atoms with Crippen LogP contribution in [-0.4, -0.2) is 13.4 Å². The molecule has 0 saturated heterocycles. The highest BCUT2D eigenvalue weighted by molar-refractivity contribution is 7.03. The molecule has 0 N–H and O–H groups in total. The van der Waals surface area contributed by atoms with Gasteiger partial charge in [-0.2, -0.15) is 0 Å². The molecule has 15 aromatic rings. The second-order valence-corrected chi connectivity index (χ2v) is 24.0. The van der Waals surface area contributed by atoms with Crippen molar-refractivity contribution in [2.75, 3.05) is 29.4 Å². The van der Waals surface area contributed by atoms with Gasteiger partial charge >= 0.3 is 0 Å². The molecule has 10 heteroatoms. The molecule has 4 aliphatic rings. The van der Waals surface area contributed by atoms with Crippen LogP contribution in [0.4, 0.5) is 103 Å². The Morgan fingerprint density at radius 2 is 0.587 bits per heavy atom. The lowest BCUT2D eigenvalue weighted by molar-refractivity contribution is 0.623. The highest BCUT2D eigenvalue weighted by Crippen LogP contribution is 2.54. The summed E-state index contributed by atoms with van der Waals surface area (Å²) < 4.78 is 14.9. The number of anilines is 18. The molecule has 19 rings (SSSR count). The highest BCUT2D eigenvalue weighted by Gasteiger charge is 2.52. The molecule has 2 aromatic heterocycles. The van der Waals surface area contributed by atoms with E-state index in [2.05, 4.69) is 357 Å². The first-order chi connectivity index (χ1) is 45.7. The van der Waals surface area contributed by atoms with Crippen LogP contribution >= 0.6 is 0 Å². The molecule has 0 saturated carbocycles. The van der Waals surface area contributed by atoms with Crippen LogP contribution < -0.4 is 62.4 Å². The van der Waals surface area contributed by atoms with Crippen LogP contribution in [0.5, 0.6) is 0 Å². The highest BCUT2D eigenvalue weighted by atomic mass is 16.4. The second-order valence-electron chi connectivity index (χ2n) is 24.0. The van der Waals surface area contributed by atoms with E-state index in [1.165, 1.54) is 5.46 Å². The Labute approximate surface area is 533 Å². The van der Waals surface area contributed by atoms with Gasteiger partial charge in [0.1, 0.15) is 11.2 Å². The van der Waals surface area contributed by atoms with Crippen molar-refractivity contribution >= 4 is 171 Å². The molecule has 0 aliphatic carbocycles. The van der Waals surface area contributed by atoms with E-state index in [9.17, 15) is 0 Å². The Morgan fingerprint density at radius 1 is 0.250 bits per heavy atom. The summed E-state index contributed by atoms with van der Waals surface area (Å²) in [5.74, 6) is 0.795. The lowest BCUT2D eigenvalue weighted by Crippen LogP contribution is -2.65. The van der Waals surface area contributed by atoms with Gasteiger partial charge in [-0.25, -0.2) is 0 Å². The van der Waals surface area contributed by atoms with Gasteiger partial charge in [-0.1, -0.05) is 182 Å². The number of fused-ring (bicyclic) bond motifs is 12. The van der Waals surface area contributed by atoms with Gasteiger partial charge in [0.05, 0.1) is 22.7 Å². The van der Waals surface area contributed by atoms with Crippen molar-refractivity contribution in [1.29, 1.82) is 0 Å². The zero-order valence-electron chi connectivity index (χ0n) is 49.8. The summed E-state index contributed by atoms with van der Waals surface area (Å²) in [6.45, 7) is -0.685. The molecular formula is C82H54B2N6O2. The third kappa shape index (κ3) is 7.87. The van der Waals surface area contributed by atoms with E-state index >= 15 is 0 Å². The van der Waals surface area contributed by atoms with E-state index in [0.717, 1.165) is 152 Å².